The maximum atomic E-state index is 2.78. The first-order valence-electron chi connectivity index (χ1n) is 6.68. The van der Waals surface area contributed by atoms with Gasteiger partial charge in [-0.3, -0.25) is 4.90 Å². The molecule has 0 bridgehead atoms. The van der Waals surface area contributed by atoms with Crippen molar-refractivity contribution in [2.24, 2.45) is 17.8 Å². The van der Waals surface area contributed by atoms with Crippen LogP contribution in [0, 0.1) is 17.8 Å². The number of nitrogens with zero attached hydrogens (tertiary/aromatic N) is 1. The van der Waals surface area contributed by atoms with Crippen LogP contribution >= 0.6 is 0 Å². The van der Waals surface area contributed by atoms with Crippen LogP contribution in [0.5, 0.6) is 0 Å². The van der Waals surface area contributed by atoms with Crippen LogP contribution in [-0.2, 0) is 0 Å². The van der Waals surface area contributed by atoms with Gasteiger partial charge in [-0.2, -0.15) is 0 Å². The Morgan fingerprint density at radius 3 is 2.33 bits per heavy atom. The maximum Gasteiger partial charge on any atom is 0.0155 e. The summed E-state index contributed by atoms with van der Waals surface area (Å²) in [6.45, 7) is 13.3. The van der Waals surface area contributed by atoms with E-state index in [-0.39, 0.29) is 0 Å². The van der Waals surface area contributed by atoms with E-state index in [0.717, 1.165) is 23.8 Å². The van der Waals surface area contributed by atoms with Crippen molar-refractivity contribution in [2.75, 3.05) is 6.54 Å². The second-order valence-corrected chi connectivity index (χ2v) is 6.91. The highest BCUT2D eigenvalue weighted by atomic mass is 15.2. The summed E-state index contributed by atoms with van der Waals surface area (Å²) in [5, 5.41) is 0. The largest absolute Gasteiger partial charge is 0.295 e. The minimum Gasteiger partial charge on any atom is -0.295 e. The van der Waals surface area contributed by atoms with Crippen molar-refractivity contribution in [3.63, 3.8) is 0 Å². The predicted molar refractivity (Wildman–Crippen MR) is 65.9 cm³/mol. The molecule has 3 unspecified atom stereocenters. The molecule has 1 aliphatic carbocycles. The molecule has 0 aromatic rings. The molecule has 3 atom stereocenters. The van der Waals surface area contributed by atoms with Crippen molar-refractivity contribution in [2.45, 2.75) is 65.5 Å². The predicted octanol–water partition coefficient (Wildman–Crippen LogP) is 3.54. The van der Waals surface area contributed by atoms with Crippen LogP contribution < -0.4 is 0 Å². The van der Waals surface area contributed by atoms with E-state index in [1.54, 1.807) is 0 Å². The Labute approximate surface area is 95.2 Å². The molecule has 2 rings (SSSR count). The van der Waals surface area contributed by atoms with Gasteiger partial charge in [0, 0.05) is 18.1 Å². The molecule has 0 spiro atoms. The van der Waals surface area contributed by atoms with Gasteiger partial charge in [-0.25, -0.2) is 0 Å². The fourth-order valence-electron chi connectivity index (χ4n) is 3.92. The van der Waals surface area contributed by atoms with Crippen LogP contribution in [0.2, 0.25) is 0 Å². The highest BCUT2D eigenvalue weighted by Gasteiger charge is 2.48. The third-order valence-corrected chi connectivity index (χ3v) is 4.49. The number of likely N-dealkylation sites (tertiary alicyclic amines) is 1. The maximum absolute atomic E-state index is 2.78. The third-order valence-electron chi connectivity index (χ3n) is 4.49. The molecule has 2 fully saturated rings. The second-order valence-electron chi connectivity index (χ2n) is 6.91. The van der Waals surface area contributed by atoms with E-state index in [1.165, 1.54) is 25.8 Å². The van der Waals surface area contributed by atoms with Gasteiger partial charge in [0.05, 0.1) is 0 Å². The molecule has 1 saturated heterocycles. The van der Waals surface area contributed by atoms with Crippen LogP contribution in [-0.4, -0.2) is 23.0 Å². The summed E-state index contributed by atoms with van der Waals surface area (Å²) in [6.07, 6.45) is 4.46. The van der Waals surface area contributed by atoms with Gasteiger partial charge in [0.15, 0.2) is 0 Å². The Morgan fingerprint density at radius 1 is 1.13 bits per heavy atom. The van der Waals surface area contributed by atoms with Crippen molar-refractivity contribution in [1.82, 2.24) is 4.90 Å². The number of rotatable bonds is 1. The first kappa shape index (κ1) is 11.4. The molecule has 0 aromatic heterocycles. The molecule has 0 amide bonds. The summed E-state index contributed by atoms with van der Waals surface area (Å²) in [5.41, 5.74) is 0.360. The average molecular weight is 209 g/mol. The van der Waals surface area contributed by atoms with Crippen molar-refractivity contribution < 1.29 is 0 Å². The monoisotopic (exact) mass is 209 g/mol. The minimum atomic E-state index is 0.360. The van der Waals surface area contributed by atoms with Gasteiger partial charge in [0.2, 0.25) is 0 Å². The van der Waals surface area contributed by atoms with Crippen molar-refractivity contribution in [3.8, 4) is 0 Å². The molecule has 0 radical (unpaired) electrons. The fraction of sp³-hybridized carbons (Fsp3) is 1.00. The molecular formula is C14H27N. The Balaban J connectivity index is 2.19. The summed E-state index contributed by atoms with van der Waals surface area (Å²) in [7, 11) is 0. The highest BCUT2D eigenvalue weighted by molar-refractivity contribution is 5.01. The average Bonchev–Trinajstić information content (AvgIpc) is 2.56. The molecule has 88 valence electrons. The van der Waals surface area contributed by atoms with Gasteiger partial charge in [0.25, 0.3) is 0 Å². The molecule has 0 aromatic carbocycles. The van der Waals surface area contributed by atoms with E-state index in [1.807, 2.05) is 0 Å². The van der Waals surface area contributed by atoms with E-state index in [9.17, 15) is 0 Å². The SMILES string of the molecule is CC(C)C1C2CCCC2CN1C(C)(C)C. The van der Waals surface area contributed by atoms with E-state index in [0.29, 0.717) is 5.54 Å². The lowest BCUT2D eigenvalue weighted by Crippen LogP contribution is -2.48. The van der Waals surface area contributed by atoms with Crippen LogP contribution in [0.15, 0.2) is 0 Å². The Hall–Kier alpha value is -0.0400. The van der Waals surface area contributed by atoms with Crippen LogP contribution in [0.25, 0.3) is 0 Å². The molecule has 1 heterocycles. The second kappa shape index (κ2) is 3.76. The Bertz CT molecular complexity index is 226. The van der Waals surface area contributed by atoms with E-state index < -0.39 is 0 Å². The van der Waals surface area contributed by atoms with Gasteiger partial charge in [-0.05, 0) is 51.4 Å². The van der Waals surface area contributed by atoms with Crippen molar-refractivity contribution in [1.29, 1.82) is 0 Å². The molecular weight excluding hydrogens is 182 g/mol. The van der Waals surface area contributed by atoms with Crippen LogP contribution in [0.4, 0.5) is 0 Å². The van der Waals surface area contributed by atoms with Gasteiger partial charge in [0.1, 0.15) is 0 Å². The molecule has 1 aliphatic heterocycles. The summed E-state index contributed by atoms with van der Waals surface area (Å²) < 4.78 is 0. The lowest BCUT2D eigenvalue weighted by atomic mass is 9.86. The number of hydrogen-bond acceptors (Lipinski definition) is 1. The first-order chi connectivity index (χ1) is 6.91. The number of hydrogen-bond donors (Lipinski definition) is 0. The van der Waals surface area contributed by atoms with Gasteiger partial charge >= 0.3 is 0 Å². The van der Waals surface area contributed by atoms with Crippen LogP contribution in [0.3, 0.4) is 0 Å². The Kier molecular flexibility index (Phi) is 2.87. The molecule has 0 N–H and O–H groups in total. The van der Waals surface area contributed by atoms with Crippen LogP contribution in [0.1, 0.15) is 53.9 Å². The topological polar surface area (TPSA) is 3.24 Å². The van der Waals surface area contributed by atoms with Gasteiger partial charge in [-0.1, -0.05) is 20.3 Å². The standard InChI is InChI=1S/C14H27N/c1-10(2)13-12-8-6-7-11(12)9-15(13)14(3,4)5/h10-13H,6-9H2,1-5H3. The van der Waals surface area contributed by atoms with E-state index in [4.69, 9.17) is 0 Å². The first-order valence-corrected chi connectivity index (χ1v) is 6.68. The molecule has 1 heteroatoms. The summed E-state index contributed by atoms with van der Waals surface area (Å²) >= 11 is 0. The zero-order valence-electron chi connectivity index (χ0n) is 11.1. The molecule has 15 heavy (non-hydrogen) atoms. The van der Waals surface area contributed by atoms with Gasteiger partial charge in [-0.15, -0.1) is 0 Å². The summed E-state index contributed by atoms with van der Waals surface area (Å²) in [6, 6.07) is 0.845. The van der Waals surface area contributed by atoms with Crippen molar-refractivity contribution in [3.05, 3.63) is 0 Å². The molecule has 2 aliphatic rings. The summed E-state index contributed by atoms with van der Waals surface area (Å²) in [5.74, 6) is 2.83. The minimum absolute atomic E-state index is 0.360. The third kappa shape index (κ3) is 1.95. The molecule has 1 nitrogen and oxygen atoms in total. The van der Waals surface area contributed by atoms with E-state index in [2.05, 4.69) is 39.5 Å². The Morgan fingerprint density at radius 2 is 1.80 bits per heavy atom. The smallest absolute Gasteiger partial charge is 0.0155 e. The highest BCUT2D eigenvalue weighted by Crippen LogP contribution is 2.46. The normalized spacial score (nSPS) is 37.6. The molecule has 1 saturated carbocycles. The summed E-state index contributed by atoms with van der Waals surface area (Å²) in [4.78, 5) is 2.78. The number of fused-ring (bicyclic) bond motifs is 1. The van der Waals surface area contributed by atoms with E-state index >= 15 is 0 Å². The zero-order valence-corrected chi connectivity index (χ0v) is 11.1. The lowest BCUT2D eigenvalue weighted by Gasteiger charge is -2.40. The van der Waals surface area contributed by atoms with Gasteiger partial charge < -0.3 is 0 Å². The zero-order chi connectivity index (χ0) is 11.2. The fourth-order valence-corrected chi connectivity index (χ4v) is 3.92. The van der Waals surface area contributed by atoms with Crippen molar-refractivity contribution >= 4 is 0 Å². The quantitative estimate of drug-likeness (QED) is 0.638. The lowest BCUT2D eigenvalue weighted by molar-refractivity contribution is 0.0764.